The molecule has 0 bridgehead atoms. The number of ether oxygens (including phenoxy) is 2. The number of nitrogens with zero attached hydrogens (tertiary/aromatic N) is 1. The van der Waals surface area contributed by atoms with Gasteiger partial charge < -0.3 is 19.9 Å². The van der Waals surface area contributed by atoms with Crippen LogP contribution in [0, 0.1) is 5.92 Å². The molecule has 1 aromatic carbocycles. The molecule has 2 N–H and O–H groups in total. The van der Waals surface area contributed by atoms with Crippen LogP contribution in [-0.4, -0.2) is 35.8 Å². The summed E-state index contributed by atoms with van der Waals surface area (Å²) in [4.78, 5) is 16.5. The number of carbonyl (C=O) groups excluding carboxylic acids is 1. The number of aliphatic hydroxyl groups excluding tert-OH is 1. The lowest BCUT2D eigenvalue weighted by Gasteiger charge is -2.38. The van der Waals surface area contributed by atoms with Crippen molar-refractivity contribution in [3.05, 3.63) is 59.9 Å². The second kappa shape index (κ2) is 8.78. The van der Waals surface area contributed by atoms with Crippen molar-refractivity contribution in [2.45, 2.75) is 31.6 Å². The molecular weight excluding hydrogens is 332 g/mol. The van der Waals surface area contributed by atoms with Crippen LogP contribution in [-0.2, 0) is 16.1 Å². The third-order valence-corrected chi connectivity index (χ3v) is 4.61. The van der Waals surface area contributed by atoms with Crippen LogP contribution in [0.5, 0.6) is 5.75 Å². The number of amides is 1. The van der Waals surface area contributed by atoms with Crippen LogP contribution in [0.2, 0.25) is 0 Å². The highest BCUT2D eigenvalue weighted by Gasteiger charge is 2.36. The molecule has 1 aromatic heterocycles. The van der Waals surface area contributed by atoms with Crippen molar-refractivity contribution in [3.63, 3.8) is 0 Å². The highest BCUT2D eigenvalue weighted by atomic mass is 16.5. The van der Waals surface area contributed by atoms with Gasteiger partial charge in [0.15, 0.2) is 0 Å². The van der Waals surface area contributed by atoms with E-state index in [1.807, 2.05) is 36.4 Å². The number of nitrogens with one attached hydrogen (secondary N) is 1. The summed E-state index contributed by atoms with van der Waals surface area (Å²) in [5.41, 5.74) is 1.90. The normalized spacial score (nSPS) is 20.1. The van der Waals surface area contributed by atoms with Gasteiger partial charge in [0.2, 0.25) is 5.91 Å². The minimum absolute atomic E-state index is 0.0158. The maximum absolute atomic E-state index is 12.3. The lowest BCUT2D eigenvalue weighted by Crippen LogP contribution is -2.42. The molecule has 2 aromatic rings. The number of aromatic nitrogens is 1. The summed E-state index contributed by atoms with van der Waals surface area (Å²) in [6.07, 6.45) is 4.37. The van der Waals surface area contributed by atoms with E-state index < -0.39 is 0 Å². The molecule has 1 heterocycles. The molecule has 0 radical (unpaired) electrons. The van der Waals surface area contributed by atoms with Gasteiger partial charge in [-0.25, -0.2) is 0 Å². The van der Waals surface area contributed by atoms with E-state index in [2.05, 4.69) is 10.3 Å². The molecule has 1 saturated carbocycles. The Morgan fingerprint density at radius 3 is 2.77 bits per heavy atom. The van der Waals surface area contributed by atoms with Crippen molar-refractivity contribution in [2.24, 2.45) is 5.92 Å². The van der Waals surface area contributed by atoms with Gasteiger partial charge in [-0.3, -0.25) is 9.78 Å². The second-order valence-electron chi connectivity index (χ2n) is 6.57. The summed E-state index contributed by atoms with van der Waals surface area (Å²) in [6, 6.07) is 11.4. The topological polar surface area (TPSA) is 80.7 Å². The molecule has 26 heavy (non-hydrogen) atoms. The van der Waals surface area contributed by atoms with E-state index in [0.29, 0.717) is 25.2 Å². The summed E-state index contributed by atoms with van der Waals surface area (Å²) < 4.78 is 10.7. The van der Waals surface area contributed by atoms with E-state index in [4.69, 9.17) is 9.47 Å². The largest absolute Gasteiger partial charge is 0.495 e. The van der Waals surface area contributed by atoms with Crippen LogP contribution in [0.15, 0.2) is 48.8 Å². The van der Waals surface area contributed by atoms with Crippen LogP contribution in [0.25, 0.3) is 0 Å². The van der Waals surface area contributed by atoms with Gasteiger partial charge >= 0.3 is 0 Å². The average Bonchev–Trinajstić information content (AvgIpc) is 2.65. The van der Waals surface area contributed by atoms with E-state index >= 15 is 0 Å². The maximum Gasteiger partial charge on any atom is 0.246 e. The number of benzene rings is 1. The molecule has 0 saturated heterocycles. The summed E-state index contributed by atoms with van der Waals surface area (Å²) >= 11 is 0. The third kappa shape index (κ3) is 4.80. The smallest absolute Gasteiger partial charge is 0.246 e. The Hall–Kier alpha value is -2.44. The highest BCUT2D eigenvalue weighted by molar-refractivity contribution is 5.77. The minimum atomic E-state index is -0.299. The highest BCUT2D eigenvalue weighted by Crippen LogP contribution is 2.38. The Labute approximate surface area is 153 Å². The first-order chi connectivity index (χ1) is 12.7. The third-order valence-electron chi connectivity index (χ3n) is 4.61. The summed E-state index contributed by atoms with van der Waals surface area (Å²) in [5.74, 6) is 0.633. The monoisotopic (exact) mass is 356 g/mol. The fraction of sp³-hybridized carbons (Fsp3) is 0.400. The molecule has 6 nitrogen and oxygen atoms in total. The van der Waals surface area contributed by atoms with Crippen molar-refractivity contribution in [2.75, 3.05) is 13.7 Å². The van der Waals surface area contributed by atoms with Crippen molar-refractivity contribution in [1.29, 1.82) is 0 Å². The first kappa shape index (κ1) is 18.4. The van der Waals surface area contributed by atoms with Crippen LogP contribution in [0.4, 0.5) is 0 Å². The Balaban J connectivity index is 1.59. The molecular formula is C20H24N2O4. The molecule has 1 aliphatic carbocycles. The summed E-state index contributed by atoms with van der Waals surface area (Å²) in [7, 11) is 1.58. The van der Waals surface area contributed by atoms with Crippen LogP contribution < -0.4 is 10.1 Å². The average molecular weight is 356 g/mol. The molecule has 1 fully saturated rings. The maximum atomic E-state index is 12.3. The van der Waals surface area contributed by atoms with E-state index in [1.54, 1.807) is 19.5 Å². The van der Waals surface area contributed by atoms with Gasteiger partial charge in [0.1, 0.15) is 12.4 Å². The Morgan fingerprint density at radius 1 is 1.31 bits per heavy atom. The van der Waals surface area contributed by atoms with Gasteiger partial charge in [-0.1, -0.05) is 30.3 Å². The molecule has 1 atom stereocenters. The van der Waals surface area contributed by atoms with Crippen molar-refractivity contribution in [3.8, 4) is 5.75 Å². The van der Waals surface area contributed by atoms with Gasteiger partial charge in [-0.2, -0.15) is 0 Å². The fourth-order valence-electron chi connectivity index (χ4n) is 3.14. The zero-order valence-corrected chi connectivity index (χ0v) is 14.8. The number of carbonyl (C=O) groups is 1. The molecule has 6 heteroatoms. The Kier molecular flexibility index (Phi) is 6.20. The van der Waals surface area contributed by atoms with Gasteiger partial charge in [-0.05, 0) is 36.0 Å². The molecule has 138 valence electrons. The summed E-state index contributed by atoms with van der Waals surface area (Å²) in [5, 5.41) is 12.7. The van der Waals surface area contributed by atoms with Crippen LogP contribution in [0.1, 0.15) is 30.0 Å². The zero-order chi connectivity index (χ0) is 18.4. The number of hydrogen-bond donors (Lipinski definition) is 2. The van der Waals surface area contributed by atoms with Gasteiger partial charge in [0.05, 0.1) is 32.1 Å². The molecule has 1 aliphatic rings. The van der Waals surface area contributed by atoms with Crippen molar-refractivity contribution in [1.82, 2.24) is 10.3 Å². The van der Waals surface area contributed by atoms with Crippen LogP contribution in [0.3, 0.4) is 0 Å². The van der Waals surface area contributed by atoms with Crippen molar-refractivity contribution >= 4 is 5.91 Å². The van der Waals surface area contributed by atoms with Gasteiger partial charge in [0, 0.05) is 6.20 Å². The lowest BCUT2D eigenvalue weighted by atomic mass is 9.75. The molecule has 1 amide bonds. The number of rotatable bonds is 8. The fourth-order valence-corrected chi connectivity index (χ4v) is 3.14. The summed E-state index contributed by atoms with van der Waals surface area (Å²) in [6.45, 7) is 0.375. The Bertz CT molecular complexity index is 717. The number of hydrogen-bond acceptors (Lipinski definition) is 5. The van der Waals surface area contributed by atoms with Crippen molar-refractivity contribution < 1.29 is 19.4 Å². The molecule has 0 unspecified atom stereocenters. The van der Waals surface area contributed by atoms with Gasteiger partial charge in [-0.15, -0.1) is 0 Å². The number of methoxy groups -OCH3 is 1. The Morgan fingerprint density at radius 2 is 2.08 bits per heavy atom. The second-order valence-corrected chi connectivity index (χ2v) is 6.57. The predicted molar refractivity (Wildman–Crippen MR) is 96.5 cm³/mol. The minimum Gasteiger partial charge on any atom is -0.495 e. The molecule has 3 rings (SSSR count). The van der Waals surface area contributed by atoms with E-state index in [9.17, 15) is 9.90 Å². The number of pyridine rings is 1. The molecule has 0 aliphatic heterocycles. The van der Waals surface area contributed by atoms with Gasteiger partial charge in [0.25, 0.3) is 0 Å². The quantitative estimate of drug-likeness (QED) is 0.758. The predicted octanol–water partition coefficient (Wildman–Crippen LogP) is 2.24. The lowest BCUT2D eigenvalue weighted by molar-refractivity contribution is -0.128. The van der Waals surface area contributed by atoms with E-state index in [1.165, 1.54) is 0 Å². The SMILES string of the molecule is COc1cncc([C@@H](NC(=O)COCc2ccccc2)C2CC(O)C2)c1. The standard InChI is InChI=1S/C20H24N2O4/c1-25-18-9-16(10-21-11-18)20(15-7-17(23)8-15)22-19(24)13-26-12-14-5-3-2-4-6-14/h2-6,9-11,15,17,20,23H,7-8,12-13H2,1H3,(H,22,24)/t15?,17?,20-/m0/s1. The zero-order valence-electron chi connectivity index (χ0n) is 14.8. The van der Waals surface area contributed by atoms with E-state index in [0.717, 1.165) is 11.1 Å². The first-order valence-corrected chi connectivity index (χ1v) is 8.73. The van der Waals surface area contributed by atoms with E-state index in [-0.39, 0.29) is 30.6 Å². The number of aliphatic hydroxyl groups is 1. The first-order valence-electron chi connectivity index (χ1n) is 8.73. The molecule has 0 spiro atoms. The van der Waals surface area contributed by atoms with Crippen LogP contribution >= 0.6 is 0 Å².